The number of para-hydroxylation sites is 1. The average molecular weight is 305 g/mol. The largest absolute Gasteiger partial charge is 0.323 e. The molecular formula is C18H25ClN2. The van der Waals surface area contributed by atoms with Crippen molar-refractivity contribution >= 4 is 22.6 Å². The summed E-state index contributed by atoms with van der Waals surface area (Å²) in [5.74, 6) is 1.03. The lowest BCUT2D eigenvalue weighted by Crippen LogP contribution is -2.24. The number of benzene rings is 1. The van der Waals surface area contributed by atoms with Crippen molar-refractivity contribution in [2.45, 2.75) is 64.8 Å². The monoisotopic (exact) mass is 304 g/mol. The Morgan fingerprint density at radius 3 is 2.57 bits per heavy atom. The second-order valence-corrected chi connectivity index (χ2v) is 7.95. The van der Waals surface area contributed by atoms with Crippen molar-refractivity contribution in [1.82, 2.24) is 9.55 Å². The summed E-state index contributed by atoms with van der Waals surface area (Å²) in [5.41, 5.74) is 4.15. The molecule has 1 aromatic heterocycles. The Hall–Kier alpha value is -1.02. The molecule has 0 amide bonds. The molecule has 2 nitrogen and oxygen atoms in total. The van der Waals surface area contributed by atoms with E-state index in [2.05, 4.69) is 43.5 Å². The van der Waals surface area contributed by atoms with Crippen molar-refractivity contribution in [3.63, 3.8) is 0 Å². The fraction of sp³-hybridized carbons (Fsp3) is 0.611. The fourth-order valence-corrected chi connectivity index (χ4v) is 3.79. The van der Waals surface area contributed by atoms with Crippen molar-refractivity contribution in [3.05, 3.63) is 29.6 Å². The zero-order valence-corrected chi connectivity index (χ0v) is 14.2. The van der Waals surface area contributed by atoms with E-state index in [1.165, 1.54) is 36.8 Å². The number of nitrogens with zero attached hydrogens (tertiary/aromatic N) is 2. The maximum Gasteiger partial charge on any atom is 0.127 e. The fourth-order valence-electron chi connectivity index (χ4n) is 3.63. The molecule has 3 rings (SSSR count). The van der Waals surface area contributed by atoms with Gasteiger partial charge >= 0.3 is 0 Å². The predicted octanol–water partition coefficient (Wildman–Crippen LogP) is 5.79. The highest BCUT2D eigenvalue weighted by Crippen LogP contribution is 2.43. The van der Waals surface area contributed by atoms with Crippen LogP contribution in [0.2, 0.25) is 0 Å². The number of hydrogen-bond acceptors (Lipinski definition) is 1. The second-order valence-electron chi connectivity index (χ2n) is 7.29. The molecule has 1 unspecified atom stereocenters. The highest BCUT2D eigenvalue weighted by molar-refractivity contribution is 6.20. The number of alkyl halides is 1. The van der Waals surface area contributed by atoms with Gasteiger partial charge in [-0.25, -0.2) is 4.98 Å². The van der Waals surface area contributed by atoms with E-state index in [9.17, 15) is 0 Å². The summed E-state index contributed by atoms with van der Waals surface area (Å²) in [5, 5.41) is -0.0493. The van der Waals surface area contributed by atoms with Gasteiger partial charge < -0.3 is 4.57 Å². The van der Waals surface area contributed by atoms with Crippen LogP contribution in [0.1, 0.15) is 69.3 Å². The van der Waals surface area contributed by atoms with Gasteiger partial charge in [0.05, 0.1) is 16.4 Å². The molecule has 1 aliphatic carbocycles. The molecule has 2 aromatic rings. The Bertz CT molecular complexity index is 645. The Labute approximate surface area is 132 Å². The maximum absolute atomic E-state index is 6.42. The standard InChI is InChI=1S/C18H25ClN2/c1-12-6-5-7-15-16(12)21(17(20-15)13(2)19)14-8-10-18(3,4)11-9-14/h5-7,13-14H,8-11H2,1-4H3. The molecule has 1 aromatic carbocycles. The predicted molar refractivity (Wildman–Crippen MR) is 90.0 cm³/mol. The number of aryl methyl sites for hydroxylation is 1. The SMILES string of the molecule is Cc1cccc2nc(C(C)Cl)n(C3CCC(C)(C)CC3)c12. The molecule has 1 atom stereocenters. The van der Waals surface area contributed by atoms with Crippen molar-refractivity contribution in [2.24, 2.45) is 5.41 Å². The van der Waals surface area contributed by atoms with Crippen LogP contribution in [0, 0.1) is 12.3 Å². The van der Waals surface area contributed by atoms with Crippen LogP contribution in [0.25, 0.3) is 11.0 Å². The number of hydrogen-bond donors (Lipinski definition) is 0. The third-order valence-corrected chi connectivity index (χ3v) is 5.16. The first-order chi connectivity index (χ1) is 9.89. The summed E-state index contributed by atoms with van der Waals surface area (Å²) >= 11 is 6.42. The van der Waals surface area contributed by atoms with Crippen molar-refractivity contribution in [3.8, 4) is 0 Å². The van der Waals surface area contributed by atoms with Gasteiger partial charge in [0.15, 0.2) is 0 Å². The Kier molecular flexibility index (Phi) is 3.77. The molecule has 1 fully saturated rings. The summed E-state index contributed by atoms with van der Waals surface area (Å²) in [6, 6.07) is 6.91. The molecule has 0 aliphatic heterocycles. The first-order valence-corrected chi connectivity index (χ1v) is 8.44. The van der Waals surface area contributed by atoms with Crippen molar-refractivity contribution in [2.75, 3.05) is 0 Å². The van der Waals surface area contributed by atoms with Gasteiger partial charge in [0.2, 0.25) is 0 Å². The number of halogens is 1. The first kappa shape index (κ1) is 14.9. The summed E-state index contributed by atoms with van der Waals surface area (Å²) in [6.07, 6.45) is 5.01. The van der Waals surface area contributed by atoms with E-state index in [0.29, 0.717) is 11.5 Å². The van der Waals surface area contributed by atoms with E-state index < -0.39 is 0 Å². The second kappa shape index (κ2) is 5.31. The van der Waals surface area contributed by atoms with Crippen LogP contribution in [0.5, 0.6) is 0 Å². The van der Waals surface area contributed by atoms with Crippen LogP contribution in [-0.2, 0) is 0 Å². The van der Waals surface area contributed by atoms with Crippen LogP contribution in [0.15, 0.2) is 18.2 Å². The summed E-state index contributed by atoms with van der Waals surface area (Å²) < 4.78 is 2.44. The smallest absolute Gasteiger partial charge is 0.127 e. The molecule has 0 bridgehead atoms. The highest BCUT2D eigenvalue weighted by atomic mass is 35.5. The molecule has 1 saturated carbocycles. The van der Waals surface area contributed by atoms with Gasteiger partial charge in [-0.05, 0) is 56.6 Å². The van der Waals surface area contributed by atoms with Crippen LogP contribution >= 0.6 is 11.6 Å². The van der Waals surface area contributed by atoms with Crippen LogP contribution in [0.4, 0.5) is 0 Å². The minimum Gasteiger partial charge on any atom is -0.323 e. The van der Waals surface area contributed by atoms with Crippen LogP contribution < -0.4 is 0 Å². The summed E-state index contributed by atoms with van der Waals surface area (Å²) in [4.78, 5) is 4.82. The third-order valence-electron chi connectivity index (χ3n) is 4.97. The van der Waals surface area contributed by atoms with Crippen LogP contribution in [-0.4, -0.2) is 9.55 Å². The Morgan fingerprint density at radius 1 is 1.29 bits per heavy atom. The lowest BCUT2D eigenvalue weighted by molar-refractivity contribution is 0.194. The molecule has 1 heterocycles. The normalized spacial score (nSPS) is 20.8. The van der Waals surface area contributed by atoms with E-state index in [1.807, 2.05) is 6.92 Å². The van der Waals surface area contributed by atoms with Gasteiger partial charge in [-0.1, -0.05) is 26.0 Å². The quantitative estimate of drug-likeness (QED) is 0.642. The van der Waals surface area contributed by atoms with E-state index >= 15 is 0 Å². The molecule has 0 N–H and O–H groups in total. The molecule has 1 aliphatic rings. The summed E-state index contributed by atoms with van der Waals surface area (Å²) in [7, 11) is 0. The minimum absolute atomic E-state index is 0.0493. The molecule has 21 heavy (non-hydrogen) atoms. The zero-order valence-electron chi connectivity index (χ0n) is 13.5. The van der Waals surface area contributed by atoms with Gasteiger partial charge in [0.1, 0.15) is 5.82 Å². The van der Waals surface area contributed by atoms with E-state index in [1.54, 1.807) is 0 Å². The molecule has 0 radical (unpaired) electrons. The average Bonchev–Trinajstić information content (AvgIpc) is 2.80. The van der Waals surface area contributed by atoms with Crippen LogP contribution in [0.3, 0.4) is 0 Å². The number of imidazole rings is 1. The number of rotatable bonds is 2. The molecule has 0 spiro atoms. The third kappa shape index (κ3) is 2.70. The molecule has 0 saturated heterocycles. The minimum atomic E-state index is -0.0493. The van der Waals surface area contributed by atoms with Gasteiger partial charge in [-0.3, -0.25) is 0 Å². The van der Waals surface area contributed by atoms with Gasteiger partial charge in [0, 0.05) is 6.04 Å². The zero-order chi connectivity index (χ0) is 15.2. The van der Waals surface area contributed by atoms with E-state index in [0.717, 1.165) is 11.3 Å². The topological polar surface area (TPSA) is 17.8 Å². The summed E-state index contributed by atoms with van der Waals surface area (Å²) in [6.45, 7) is 8.97. The maximum atomic E-state index is 6.42. The molecule has 114 valence electrons. The van der Waals surface area contributed by atoms with Gasteiger partial charge in [-0.15, -0.1) is 11.6 Å². The highest BCUT2D eigenvalue weighted by Gasteiger charge is 2.30. The van der Waals surface area contributed by atoms with Crippen molar-refractivity contribution in [1.29, 1.82) is 0 Å². The lowest BCUT2D eigenvalue weighted by Gasteiger charge is -2.36. The van der Waals surface area contributed by atoms with Crippen molar-refractivity contribution < 1.29 is 0 Å². The van der Waals surface area contributed by atoms with E-state index in [4.69, 9.17) is 16.6 Å². The van der Waals surface area contributed by atoms with E-state index in [-0.39, 0.29) is 5.38 Å². The number of aromatic nitrogens is 2. The number of fused-ring (bicyclic) bond motifs is 1. The van der Waals surface area contributed by atoms with Gasteiger partial charge in [-0.2, -0.15) is 0 Å². The molecular weight excluding hydrogens is 280 g/mol. The molecule has 3 heteroatoms. The first-order valence-electron chi connectivity index (χ1n) is 8.00. The lowest BCUT2D eigenvalue weighted by atomic mass is 9.75. The Balaban J connectivity index is 2.10. The Morgan fingerprint density at radius 2 is 1.95 bits per heavy atom. The van der Waals surface area contributed by atoms with Gasteiger partial charge in [0.25, 0.3) is 0 Å².